The highest BCUT2D eigenvalue weighted by atomic mass is 16.4. The quantitative estimate of drug-likeness (QED) is 0.675. The van der Waals surface area contributed by atoms with E-state index in [0.29, 0.717) is 13.0 Å². The van der Waals surface area contributed by atoms with Gasteiger partial charge in [0.2, 0.25) is 0 Å². The Hall–Kier alpha value is -1.10. The molecule has 0 aliphatic carbocycles. The molecule has 2 atom stereocenters. The van der Waals surface area contributed by atoms with Crippen molar-refractivity contribution >= 4 is 12.1 Å². The zero-order chi connectivity index (χ0) is 12.6. The first-order valence-electron chi connectivity index (χ1n) is 5.57. The SMILES string of the molecule is CC(C)(C)[N+]1(C(=O)O)CCCCC1C(=O)O. The summed E-state index contributed by atoms with van der Waals surface area (Å²) in [4.78, 5) is 22.8. The molecular weight excluding hydrogens is 210 g/mol. The Bertz CT molecular complexity index is 308. The van der Waals surface area contributed by atoms with Gasteiger partial charge in [-0.3, -0.25) is 0 Å². The molecule has 1 rings (SSSR count). The lowest BCUT2D eigenvalue weighted by Gasteiger charge is -2.49. The van der Waals surface area contributed by atoms with Crippen molar-refractivity contribution in [3.63, 3.8) is 0 Å². The first kappa shape index (κ1) is 13.0. The topological polar surface area (TPSA) is 74.6 Å². The Morgan fingerprint density at radius 3 is 2.06 bits per heavy atom. The normalized spacial score (nSPS) is 31.1. The molecule has 2 N–H and O–H groups in total. The van der Waals surface area contributed by atoms with Crippen LogP contribution in [0.2, 0.25) is 0 Å². The third-order valence-corrected chi connectivity index (χ3v) is 3.59. The van der Waals surface area contributed by atoms with E-state index in [1.165, 1.54) is 0 Å². The molecule has 1 aliphatic rings. The second-order valence-electron chi connectivity index (χ2n) is 5.40. The average molecular weight is 230 g/mol. The highest BCUT2D eigenvalue weighted by Gasteiger charge is 2.57. The lowest BCUT2D eigenvalue weighted by Crippen LogP contribution is -2.71. The summed E-state index contributed by atoms with van der Waals surface area (Å²) < 4.78 is -0.359. The molecular formula is C11H20NO4+. The van der Waals surface area contributed by atoms with E-state index in [1.807, 2.05) is 0 Å². The number of carboxylic acid groups (broad SMARTS) is 2. The minimum atomic E-state index is -1.03. The van der Waals surface area contributed by atoms with E-state index in [-0.39, 0.29) is 4.48 Å². The van der Waals surface area contributed by atoms with Gasteiger partial charge < -0.3 is 10.2 Å². The van der Waals surface area contributed by atoms with Gasteiger partial charge in [-0.25, -0.2) is 9.28 Å². The maximum Gasteiger partial charge on any atom is 0.514 e. The van der Waals surface area contributed by atoms with Gasteiger partial charge in [-0.1, -0.05) is 0 Å². The van der Waals surface area contributed by atoms with Crippen LogP contribution < -0.4 is 0 Å². The van der Waals surface area contributed by atoms with Crippen LogP contribution in [-0.2, 0) is 4.79 Å². The van der Waals surface area contributed by atoms with E-state index in [1.54, 1.807) is 20.8 Å². The molecule has 5 heteroatoms. The Labute approximate surface area is 95.3 Å². The molecule has 1 saturated heterocycles. The minimum absolute atomic E-state index is 0.359. The van der Waals surface area contributed by atoms with Crippen LogP contribution in [0.4, 0.5) is 4.79 Å². The average Bonchev–Trinajstić information content (AvgIpc) is 2.15. The fourth-order valence-corrected chi connectivity index (χ4v) is 2.71. The van der Waals surface area contributed by atoms with E-state index < -0.39 is 23.6 Å². The van der Waals surface area contributed by atoms with Crippen molar-refractivity contribution in [2.24, 2.45) is 0 Å². The molecule has 5 nitrogen and oxygen atoms in total. The summed E-state index contributed by atoms with van der Waals surface area (Å²) in [7, 11) is 0. The van der Waals surface area contributed by atoms with Gasteiger partial charge in [0.25, 0.3) is 0 Å². The number of amides is 1. The molecule has 92 valence electrons. The highest BCUT2D eigenvalue weighted by molar-refractivity contribution is 5.75. The molecule has 0 aromatic rings. The lowest BCUT2D eigenvalue weighted by molar-refractivity contribution is -0.923. The van der Waals surface area contributed by atoms with Crippen molar-refractivity contribution in [2.45, 2.75) is 51.6 Å². The first-order chi connectivity index (χ1) is 7.23. The van der Waals surface area contributed by atoms with Crippen LogP contribution in [0, 0.1) is 0 Å². The maximum absolute atomic E-state index is 11.5. The lowest BCUT2D eigenvalue weighted by atomic mass is 9.90. The molecule has 0 spiro atoms. The van der Waals surface area contributed by atoms with E-state index in [4.69, 9.17) is 0 Å². The molecule has 1 amide bonds. The van der Waals surface area contributed by atoms with Crippen LogP contribution in [0.25, 0.3) is 0 Å². The zero-order valence-electron chi connectivity index (χ0n) is 10.1. The van der Waals surface area contributed by atoms with Crippen LogP contribution in [0.15, 0.2) is 0 Å². The molecule has 0 aromatic heterocycles. The molecule has 16 heavy (non-hydrogen) atoms. The van der Waals surface area contributed by atoms with E-state index in [0.717, 1.165) is 12.8 Å². The standard InChI is InChI=1S/C11H19NO4/c1-11(2,3)12(10(15)16)7-5-4-6-8(12)9(13)14/h8H,4-7H2,1-3H3,(H-,13,14,15,16)/p+1. The molecule has 1 fully saturated rings. The number of carboxylic acids is 1. The largest absolute Gasteiger partial charge is 0.514 e. The highest BCUT2D eigenvalue weighted by Crippen LogP contribution is 2.35. The summed E-state index contributed by atoms with van der Waals surface area (Å²) in [5, 5.41) is 18.7. The number of quaternary nitrogens is 1. The summed E-state index contributed by atoms with van der Waals surface area (Å²) in [5.74, 6) is -1.00. The van der Waals surface area contributed by atoms with Gasteiger partial charge in [-0.2, -0.15) is 4.79 Å². The summed E-state index contributed by atoms with van der Waals surface area (Å²) in [5.41, 5.74) is -0.602. The summed E-state index contributed by atoms with van der Waals surface area (Å²) in [6, 6.07) is -0.828. The van der Waals surface area contributed by atoms with Gasteiger partial charge in [0.1, 0.15) is 5.54 Å². The Kier molecular flexibility index (Phi) is 3.28. The van der Waals surface area contributed by atoms with Gasteiger partial charge in [0.15, 0.2) is 6.04 Å². The van der Waals surface area contributed by atoms with Gasteiger partial charge >= 0.3 is 12.1 Å². The molecule has 0 aromatic carbocycles. The number of likely N-dealkylation sites (tertiary alicyclic amines) is 1. The zero-order valence-corrected chi connectivity index (χ0v) is 10.1. The van der Waals surface area contributed by atoms with Crippen molar-refractivity contribution in [1.29, 1.82) is 0 Å². The molecule has 0 saturated carbocycles. The second-order valence-corrected chi connectivity index (χ2v) is 5.40. The molecule has 1 aliphatic heterocycles. The number of hydrogen-bond donors (Lipinski definition) is 2. The van der Waals surface area contributed by atoms with Crippen molar-refractivity contribution in [1.82, 2.24) is 0 Å². The van der Waals surface area contributed by atoms with E-state index in [9.17, 15) is 19.8 Å². The van der Waals surface area contributed by atoms with Crippen molar-refractivity contribution in [2.75, 3.05) is 6.54 Å². The minimum Gasteiger partial charge on any atom is -0.477 e. The summed E-state index contributed by atoms with van der Waals surface area (Å²) >= 11 is 0. The van der Waals surface area contributed by atoms with Crippen molar-refractivity contribution in [3.05, 3.63) is 0 Å². The van der Waals surface area contributed by atoms with Crippen LogP contribution >= 0.6 is 0 Å². The third-order valence-electron chi connectivity index (χ3n) is 3.59. The van der Waals surface area contributed by atoms with Gasteiger partial charge in [-0.05, 0) is 33.6 Å². The van der Waals surface area contributed by atoms with Gasteiger partial charge in [-0.15, -0.1) is 0 Å². The number of piperidine rings is 1. The summed E-state index contributed by atoms with van der Waals surface area (Å²) in [6.07, 6.45) is 0.978. The van der Waals surface area contributed by atoms with Crippen LogP contribution in [0.1, 0.15) is 40.0 Å². The molecule has 1 heterocycles. The summed E-state index contributed by atoms with van der Waals surface area (Å²) in [6.45, 7) is 5.78. The molecule has 2 unspecified atom stereocenters. The predicted molar refractivity (Wildman–Crippen MR) is 58.2 cm³/mol. The fraction of sp³-hybridized carbons (Fsp3) is 0.818. The van der Waals surface area contributed by atoms with Gasteiger partial charge in [0, 0.05) is 6.42 Å². The molecule has 0 radical (unpaired) electrons. The predicted octanol–water partition coefficient (Wildman–Crippen LogP) is 1.92. The Balaban J connectivity index is 3.25. The number of rotatable bonds is 1. The molecule has 0 bridgehead atoms. The monoisotopic (exact) mass is 230 g/mol. The third kappa shape index (κ3) is 1.80. The number of nitrogens with zero attached hydrogens (tertiary/aromatic N) is 1. The van der Waals surface area contributed by atoms with Crippen LogP contribution in [0.3, 0.4) is 0 Å². The maximum atomic E-state index is 11.5. The van der Waals surface area contributed by atoms with Crippen molar-refractivity contribution < 1.29 is 24.3 Å². The van der Waals surface area contributed by atoms with E-state index >= 15 is 0 Å². The Morgan fingerprint density at radius 2 is 1.75 bits per heavy atom. The number of aliphatic carboxylic acids is 1. The van der Waals surface area contributed by atoms with E-state index in [2.05, 4.69) is 0 Å². The number of hydrogen-bond acceptors (Lipinski definition) is 2. The van der Waals surface area contributed by atoms with Crippen molar-refractivity contribution in [3.8, 4) is 0 Å². The smallest absolute Gasteiger partial charge is 0.477 e. The fourth-order valence-electron chi connectivity index (χ4n) is 2.71. The second kappa shape index (κ2) is 4.05. The first-order valence-corrected chi connectivity index (χ1v) is 5.57. The van der Waals surface area contributed by atoms with Crippen LogP contribution in [-0.4, -0.2) is 44.9 Å². The van der Waals surface area contributed by atoms with Gasteiger partial charge in [0.05, 0.1) is 6.54 Å². The Morgan fingerprint density at radius 1 is 1.19 bits per heavy atom. The van der Waals surface area contributed by atoms with Crippen LogP contribution in [0.5, 0.6) is 0 Å². The number of carbonyl (C=O) groups is 2.